The van der Waals surface area contributed by atoms with Gasteiger partial charge in [-0.2, -0.15) is 9.61 Å². The molecule has 0 aliphatic heterocycles. The van der Waals surface area contributed by atoms with Crippen molar-refractivity contribution in [2.75, 3.05) is 12.4 Å². The summed E-state index contributed by atoms with van der Waals surface area (Å²) in [5.74, 6) is 1.04. The third-order valence-corrected chi connectivity index (χ3v) is 6.13. The number of anilines is 1. The molecular weight excluding hydrogens is 444 g/mol. The highest BCUT2D eigenvalue weighted by atomic mass is 32.1. The van der Waals surface area contributed by atoms with Crippen molar-refractivity contribution in [3.63, 3.8) is 0 Å². The van der Waals surface area contributed by atoms with Gasteiger partial charge in [0.1, 0.15) is 10.8 Å². The third-order valence-electron chi connectivity index (χ3n) is 4.98. The summed E-state index contributed by atoms with van der Waals surface area (Å²) in [6.07, 6.45) is 0.768. The molecule has 0 spiro atoms. The molecule has 4 aromatic rings. The summed E-state index contributed by atoms with van der Waals surface area (Å²) in [6, 6.07) is 11.3. The first-order valence-electron chi connectivity index (χ1n) is 9.99. The van der Waals surface area contributed by atoms with Gasteiger partial charge in [0.15, 0.2) is 10.9 Å². The van der Waals surface area contributed by atoms with E-state index < -0.39 is 0 Å². The van der Waals surface area contributed by atoms with Gasteiger partial charge in [0.25, 0.3) is 5.91 Å². The Morgan fingerprint density at radius 3 is 2.72 bits per heavy atom. The van der Waals surface area contributed by atoms with Gasteiger partial charge in [0.2, 0.25) is 4.96 Å². The molecule has 2 aromatic heterocycles. The highest BCUT2D eigenvalue weighted by Crippen LogP contribution is 2.29. The molecule has 0 unspecified atom stereocenters. The van der Waals surface area contributed by atoms with Crippen LogP contribution >= 0.6 is 23.6 Å². The lowest BCUT2D eigenvalue weighted by Crippen LogP contribution is -2.34. The zero-order valence-corrected chi connectivity index (χ0v) is 19.7. The molecule has 2 N–H and O–H groups in total. The van der Waals surface area contributed by atoms with Crippen LogP contribution in [0.5, 0.6) is 5.75 Å². The zero-order chi connectivity index (χ0) is 22.8. The molecule has 0 fully saturated rings. The molecule has 0 bridgehead atoms. The number of nitrogens with one attached hydrogen (secondary N) is 2. The van der Waals surface area contributed by atoms with Crippen molar-refractivity contribution in [3.8, 4) is 16.3 Å². The SMILES string of the molecule is CCc1nnc2sc(-c3ccc(NC(=S)NC(=O)c4cccc(C)c4OC)c(C)c3)nn12. The normalized spacial score (nSPS) is 10.9. The number of carbonyl (C=O) groups excluding carboxylic acids is 1. The molecule has 0 radical (unpaired) electrons. The van der Waals surface area contributed by atoms with E-state index in [4.69, 9.17) is 17.0 Å². The average Bonchev–Trinajstić information content (AvgIpc) is 3.35. The molecule has 0 saturated heterocycles. The van der Waals surface area contributed by atoms with Crippen molar-refractivity contribution >= 4 is 45.2 Å². The van der Waals surface area contributed by atoms with Gasteiger partial charge in [0, 0.05) is 17.7 Å². The number of benzene rings is 2. The monoisotopic (exact) mass is 466 g/mol. The number of thiocarbonyl (C=S) groups is 1. The van der Waals surface area contributed by atoms with Crippen molar-refractivity contribution < 1.29 is 9.53 Å². The van der Waals surface area contributed by atoms with Crippen LogP contribution in [0.4, 0.5) is 5.69 Å². The molecule has 4 rings (SSSR count). The predicted molar refractivity (Wildman–Crippen MR) is 130 cm³/mol. The summed E-state index contributed by atoms with van der Waals surface area (Å²) >= 11 is 6.85. The fourth-order valence-electron chi connectivity index (χ4n) is 3.36. The molecule has 8 nitrogen and oxygen atoms in total. The highest BCUT2D eigenvalue weighted by molar-refractivity contribution is 7.80. The van der Waals surface area contributed by atoms with Gasteiger partial charge in [-0.15, -0.1) is 10.2 Å². The van der Waals surface area contributed by atoms with Crippen molar-refractivity contribution in [1.29, 1.82) is 0 Å². The summed E-state index contributed by atoms with van der Waals surface area (Å²) in [5.41, 5.74) is 4.05. The van der Waals surface area contributed by atoms with Gasteiger partial charge in [-0.1, -0.05) is 30.4 Å². The minimum absolute atomic E-state index is 0.209. The Balaban J connectivity index is 1.48. The maximum Gasteiger partial charge on any atom is 0.261 e. The minimum atomic E-state index is -0.330. The maximum absolute atomic E-state index is 12.7. The van der Waals surface area contributed by atoms with Gasteiger partial charge >= 0.3 is 0 Å². The second-order valence-corrected chi connectivity index (χ2v) is 8.53. The molecule has 0 atom stereocenters. The number of amides is 1. The van der Waals surface area contributed by atoms with Gasteiger partial charge in [-0.25, -0.2) is 0 Å². The topological polar surface area (TPSA) is 93.4 Å². The highest BCUT2D eigenvalue weighted by Gasteiger charge is 2.16. The van der Waals surface area contributed by atoms with Crippen LogP contribution in [0.25, 0.3) is 15.5 Å². The molecule has 164 valence electrons. The van der Waals surface area contributed by atoms with E-state index >= 15 is 0 Å². The van der Waals surface area contributed by atoms with Crippen LogP contribution in [0, 0.1) is 13.8 Å². The summed E-state index contributed by atoms with van der Waals surface area (Å²) < 4.78 is 7.15. The number of hydrogen-bond acceptors (Lipinski definition) is 7. The van der Waals surface area contributed by atoms with E-state index in [1.165, 1.54) is 11.3 Å². The van der Waals surface area contributed by atoms with E-state index in [-0.39, 0.29) is 11.0 Å². The van der Waals surface area contributed by atoms with Gasteiger partial charge in [0.05, 0.1) is 12.7 Å². The fraction of sp³-hybridized carbons (Fsp3) is 0.227. The van der Waals surface area contributed by atoms with E-state index in [1.54, 1.807) is 17.7 Å². The second kappa shape index (κ2) is 9.01. The van der Waals surface area contributed by atoms with E-state index in [1.807, 2.05) is 51.1 Å². The van der Waals surface area contributed by atoms with Gasteiger partial charge < -0.3 is 10.1 Å². The standard InChI is InChI=1S/C22H22N6O2S2/c1-5-17-25-26-22-28(17)27-20(32-22)14-9-10-16(13(3)11-14)23-21(31)24-19(29)15-8-6-7-12(2)18(15)30-4/h6-11H,5H2,1-4H3,(H2,23,24,29,31). The fourth-order valence-corrected chi connectivity index (χ4v) is 4.41. The third kappa shape index (κ3) is 4.19. The number of para-hydroxylation sites is 1. The van der Waals surface area contributed by atoms with E-state index in [0.29, 0.717) is 11.3 Å². The largest absolute Gasteiger partial charge is 0.496 e. The molecule has 2 heterocycles. The molecule has 2 aromatic carbocycles. The quantitative estimate of drug-likeness (QED) is 0.427. The Morgan fingerprint density at radius 1 is 1.19 bits per heavy atom. The summed E-state index contributed by atoms with van der Waals surface area (Å²) in [5, 5.41) is 19.8. The van der Waals surface area contributed by atoms with Crippen LogP contribution < -0.4 is 15.4 Å². The number of aromatic nitrogens is 4. The smallest absolute Gasteiger partial charge is 0.261 e. The van der Waals surface area contributed by atoms with Crippen LogP contribution in [0.15, 0.2) is 36.4 Å². The van der Waals surface area contributed by atoms with E-state index in [9.17, 15) is 4.79 Å². The predicted octanol–water partition coefficient (Wildman–Crippen LogP) is 4.17. The van der Waals surface area contributed by atoms with E-state index in [2.05, 4.69) is 25.9 Å². The first kappa shape index (κ1) is 21.8. The average molecular weight is 467 g/mol. The summed E-state index contributed by atoms with van der Waals surface area (Å²) in [7, 11) is 1.54. The van der Waals surface area contributed by atoms with Crippen LogP contribution in [0.1, 0.15) is 34.2 Å². The maximum atomic E-state index is 12.7. The lowest BCUT2D eigenvalue weighted by molar-refractivity contribution is 0.0974. The van der Waals surface area contributed by atoms with Gasteiger partial charge in [-0.05, 0) is 61.5 Å². The number of rotatable bonds is 5. The number of methoxy groups -OCH3 is 1. The lowest BCUT2D eigenvalue weighted by atomic mass is 10.1. The molecule has 1 amide bonds. The summed E-state index contributed by atoms with van der Waals surface area (Å²) in [4.78, 5) is 13.4. The molecule has 10 heteroatoms. The number of carbonyl (C=O) groups is 1. The molecule has 32 heavy (non-hydrogen) atoms. The Kier molecular flexibility index (Phi) is 6.15. The molecule has 0 aliphatic rings. The van der Waals surface area contributed by atoms with Crippen LogP contribution in [-0.4, -0.2) is 37.9 Å². The first-order valence-corrected chi connectivity index (χ1v) is 11.2. The Morgan fingerprint density at radius 2 is 2.00 bits per heavy atom. The Bertz CT molecular complexity index is 1330. The zero-order valence-electron chi connectivity index (χ0n) is 18.1. The Labute approximate surface area is 194 Å². The van der Waals surface area contributed by atoms with E-state index in [0.717, 1.165) is 44.6 Å². The molecular formula is C22H22N6O2S2. The van der Waals surface area contributed by atoms with Crippen molar-refractivity contribution in [3.05, 3.63) is 58.9 Å². The number of nitrogens with zero attached hydrogens (tertiary/aromatic N) is 4. The molecule has 0 aliphatic carbocycles. The number of fused-ring (bicyclic) bond motifs is 1. The minimum Gasteiger partial charge on any atom is -0.496 e. The number of ether oxygens (including phenoxy) is 1. The number of hydrogen-bond donors (Lipinski definition) is 2. The first-order chi connectivity index (χ1) is 15.4. The second-order valence-electron chi connectivity index (χ2n) is 7.17. The van der Waals surface area contributed by atoms with Gasteiger partial charge in [-0.3, -0.25) is 10.1 Å². The van der Waals surface area contributed by atoms with Crippen LogP contribution in [0.2, 0.25) is 0 Å². The van der Waals surface area contributed by atoms with Crippen LogP contribution in [0.3, 0.4) is 0 Å². The molecule has 0 saturated carbocycles. The van der Waals surface area contributed by atoms with Crippen molar-refractivity contribution in [2.24, 2.45) is 0 Å². The Hall–Kier alpha value is -3.37. The lowest BCUT2D eigenvalue weighted by Gasteiger charge is -2.14. The number of aryl methyl sites for hydroxylation is 3. The van der Waals surface area contributed by atoms with Crippen molar-refractivity contribution in [1.82, 2.24) is 25.1 Å². The summed E-state index contributed by atoms with van der Waals surface area (Å²) in [6.45, 7) is 5.88. The van der Waals surface area contributed by atoms with Crippen LogP contribution in [-0.2, 0) is 6.42 Å². The van der Waals surface area contributed by atoms with Crippen molar-refractivity contribution in [2.45, 2.75) is 27.2 Å².